The fraction of sp³-hybridized carbons (Fsp3) is 0.0667. The molecular formula is C15H12BrN3O2. The molecule has 0 aliphatic rings. The van der Waals surface area contributed by atoms with Crippen molar-refractivity contribution in [1.82, 2.24) is 9.97 Å². The van der Waals surface area contributed by atoms with Crippen LogP contribution in [0.2, 0.25) is 0 Å². The van der Waals surface area contributed by atoms with E-state index in [0.717, 1.165) is 10.0 Å². The minimum absolute atomic E-state index is 0.217. The van der Waals surface area contributed by atoms with E-state index >= 15 is 0 Å². The maximum atomic E-state index is 11.7. The number of nitrogen functional groups attached to an aromatic ring is 1. The van der Waals surface area contributed by atoms with Gasteiger partial charge in [0.05, 0.1) is 22.9 Å². The summed E-state index contributed by atoms with van der Waals surface area (Å²) in [7, 11) is 0. The number of aromatic nitrogens is 2. The summed E-state index contributed by atoms with van der Waals surface area (Å²) in [6.07, 6.45) is 1.36. The number of fused-ring (bicyclic) bond motifs is 1. The summed E-state index contributed by atoms with van der Waals surface area (Å²) in [5, 5.41) is 0.449. The first-order valence-corrected chi connectivity index (χ1v) is 7.07. The molecule has 0 bridgehead atoms. The molecule has 3 rings (SSSR count). The number of H-pyrrole nitrogens is 1. The van der Waals surface area contributed by atoms with E-state index < -0.39 is 0 Å². The Morgan fingerprint density at radius 1 is 1.29 bits per heavy atom. The van der Waals surface area contributed by atoms with Gasteiger partial charge in [0.25, 0.3) is 5.56 Å². The van der Waals surface area contributed by atoms with E-state index in [1.54, 1.807) is 12.1 Å². The van der Waals surface area contributed by atoms with Gasteiger partial charge >= 0.3 is 0 Å². The van der Waals surface area contributed by atoms with Crippen LogP contribution in [0.5, 0.6) is 5.75 Å². The summed E-state index contributed by atoms with van der Waals surface area (Å²) in [5.41, 5.74) is 7.70. The van der Waals surface area contributed by atoms with E-state index in [1.807, 2.05) is 24.3 Å². The third kappa shape index (κ3) is 2.90. The van der Waals surface area contributed by atoms with Gasteiger partial charge in [0.1, 0.15) is 12.4 Å². The second-order valence-electron chi connectivity index (χ2n) is 4.56. The minimum Gasteiger partial charge on any atom is -0.487 e. The number of anilines is 1. The third-order valence-corrected chi connectivity index (χ3v) is 3.55. The van der Waals surface area contributed by atoms with Crippen molar-refractivity contribution in [3.8, 4) is 5.75 Å². The van der Waals surface area contributed by atoms with Crippen LogP contribution in [0.15, 0.2) is 52.0 Å². The number of benzene rings is 2. The van der Waals surface area contributed by atoms with Crippen molar-refractivity contribution < 1.29 is 4.74 Å². The zero-order chi connectivity index (χ0) is 14.8. The van der Waals surface area contributed by atoms with Crippen LogP contribution >= 0.6 is 15.9 Å². The first kappa shape index (κ1) is 13.6. The standard InChI is InChI=1S/C15H12BrN3O2/c16-10-3-1-2-9(4-10)7-21-14-6-13-11(5-12(14)17)15(20)19-8-18-13/h1-6,8H,7,17H2,(H,18,19,20). The molecule has 5 nitrogen and oxygen atoms in total. The number of aromatic amines is 1. The van der Waals surface area contributed by atoms with Crippen molar-refractivity contribution in [2.75, 3.05) is 5.73 Å². The van der Waals surface area contributed by atoms with Crippen molar-refractivity contribution in [3.05, 3.63) is 63.1 Å². The molecule has 0 saturated carbocycles. The molecule has 3 N–H and O–H groups in total. The van der Waals surface area contributed by atoms with Gasteiger partial charge in [-0.15, -0.1) is 0 Å². The Morgan fingerprint density at radius 2 is 2.14 bits per heavy atom. The molecule has 0 aliphatic carbocycles. The van der Waals surface area contributed by atoms with E-state index in [2.05, 4.69) is 25.9 Å². The number of nitrogens with one attached hydrogen (secondary N) is 1. The highest BCUT2D eigenvalue weighted by Gasteiger charge is 2.07. The lowest BCUT2D eigenvalue weighted by atomic mass is 10.2. The lowest BCUT2D eigenvalue weighted by molar-refractivity contribution is 0.308. The van der Waals surface area contributed by atoms with Crippen LogP contribution in [0.3, 0.4) is 0 Å². The maximum Gasteiger partial charge on any atom is 0.258 e. The summed E-state index contributed by atoms with van der Waals surface area (Å²) in [6, 6.07) is 11.1. The van der Waals surface area contributed by atoms with Gasteiger partial charge in [-0.05, 0) is 23.8 Å². The largest absolute Gasteiger partial charge is 0.487 e. The van der Waals surface area contributed by atoms with Crippen LogP contribution < -0.4 is 16.0 Å². The van der Waals surface area contributed by atoms with Crippen LogP contribution in [-0.2, 0) is 6.61 Å². The molecule has 3 aromatic rings. The van der Waals surface area contributed by atoms with Crippen LogP contribution in [0.1, 0.15) is 5.56 Å². The van der Waals surface area contributed by atoms with E-state index in [9.17, 15) is 4.79 Å². The Balaban J connectivity index is 1.90. The fourth-order valence-electron chi connectivity index (χ4n) is 2.03. The summed E-state index contributed by atoms with van der Waals surface area (Å²) in [5.74, 6) is 0.514. The predicted octanol–water partition coefficient (Wildman–Crippen LogP) is 2.85. The summed E-state index contributed by atoms with van der Waals surface area (Å²) in [6.45, 7) is 0.387. The summed E-state index contributed by atoms with van der Waals surface area (Å²) >= 11 is 3.41. The highest BCUT2D eigenvalue weighted by Crippen LogP contribution is 2.26. The number of hydrogen-bond donors (Lipinski definition) is 2. The van der Waals surface area contributed by atoms with Crippen LogP contribution in [0.25, 0.3) is 10.9 Å². The second-order valence-corrected chi connectivity index (χ2v) is 5.47. The Labute approximate surface area is 128 Å². The second kappa shape index (κ2) is 5.57. The molecule has 1 heterocycles. The topological polar surface area (TPSA) is 81.0 Å². The number of hydrogen-bond acceptors (Lipinski definition) is 4. The molecule has 0 saturated heterocycles. The SMILES string of the molecule is Nc1cc2c(=O)[nH]cnc2cc1OCc1cccc(Br)c1. The first-order chi connectivity index (χ1) is 10.1. The minimum atomic E-state index is -0.217. The lowest BCUT2D eigenvalue weighted by Crippen LogP contribution is -2.07. The lowest BCUT2D eigenvalue weighted by Gasteiger charge is -2.10. The van der Waals surface area contributed by atoms with E-state index in [-0.39, 0.29) is 5.56 Å². The molecule has 0 fully saturated rings. The van der Waals surface area contributed by atoms with Crippen LogP contribution in [-0.4, -0.2) is 9.97 Å². The normalized spacial score (nSPS) is 10.7. The van der Waals surface area contributed by atoms with Crippen molar-refractivity contribution in [2.45, 2.75) is 6.61 Å². The number of nitrogens with two attached hydrogens (primary N) is 1. The molecule has 0 atom stereocenters. The molecule has 0 radical (unpaired) electrons. The Bertz CT molecular complexity index is 861. The van der Waals surface area contributed by atoms with Gasteiger partial charge in [0, 0.05) is 10.5 Å². The van der Waals surface area contributed by atoms with Gasteiger partial charge in [0.2, 0.25) is 0 Å². The van der Waals surface area contributed by atoms with Gasteiger partial charge in [-0.2, -0.15) is 0 Å². The van der Waals surface area contributed by atoms with Crippen molar-refractivity contribution in [3.63, 3.8) is 0 Å². The molecule has 6 heteroatoms. The molecule has 0 amide bonds. The van der Waals surface area contributed by atoms with Crippen LogP contribution in [0, 0.1) is 0 Å². The zero-order valence-corrected chi connectivity index (χ0v) is 12.6. The third-order valence-electron chi connectivity index (χ3n) is 3.06. The molecular weight excluding hydrogens is 334 g/mol. The molecule has 106 valence electrons. The molecule has 0 aliphatic heterocycles. The average Bonchev–Trinajstić information content (AvgIpc) is 2.46. The Hall–Kier alpha value is -2.34. The molecule has 0 spiro atoms. The monoisotopic (exact) mass is 345 g/mol. The predicted molar refractivity (Wildman–Crippen MR) is 85.3 cm³/mol. The quantitative estimate of drug-likeness (QED) is 0.715. The zero-order valence-electron chi connectivity index (χ0n) is 11.0. The van der Waals surface area contributed by atoms with E-state index in [0.29, 0.717) is 28.9 Å². The van der Waals surface area contributed by atoms with Crippen molar-refractivity contribution in [2.24, 2.45) is 0 Å². The van der Waals surface area contributed by atoms with Crippen LogP contribution in [0.4, 0.5) is 5.69 Å². The van der Waals surface area contributed by atoms with E-state index in [1.165, 1.54) is 6.33 Å². The number of nitrogens with zero attached hydrogens (tertiary/aromatic N) is 1. The van der Waals surface area contributed by atoms with Gasteiger partial charge in [-0.1, -0.05) is 28.1 Å². The Kier molecular flexibility index (Phi) is 3.62. The number of ether oxygens (including phenoxy) is 1. The molecule has 2 aromatic carbocycles. The smallest absolute Gasteiger partial charge is 0.258 e. The highest BCUT2D eigenvalue weighted by atomic mass is 79.9. The first-order valence-electron chi connectivity index (χ1n) is 6.27. The molecule has 0 unspecified atom stereocenters. The average molecular weight is 346 g/mol. The van der Waals surface area contributed by atoms with Gasteiger partial charge < -0.3 is 15.5 Å². The highest BCUT2D eigenvalue weighted by molar-refractivity contribution is 9.10. The maximum absolute atomic E-state index is 11.7. The number of halogens is 1. The number of rotatable bonds is 3. The van der Waals surface area contributed by atoms with E-state index in [4.69, 9.17) is 10.5 Å². The van der Waals surface area contributed by atoms with Gasteiger partial charge in [0.15, 0.2) is 0 Å². The molecule has 21 heavy (non-hydrogen) atoms. The van der Waals surface area contributed by atoms with Crippen molar-refractivity contribution in [1.29, 1.82) is 0 Å². The fourth-order valence-corrected chi connectivity index (χ4v) is 2.47. The Morgan fingerprint density at radius 3 is 2.95 bits per heavy atom. The van der Waals surface area contributed by atoms with Crippen molar-refractivity contribution >= 4 is 32.5 Å². The van der Waals surface area contributed by atoms with Gasteiger partial charge in [-0.25, -0.2) is 4.98 Å². The molecule has 1 aromatic heterocycles. The summed E-state index contributed by atoms with van der Waals surface area (Å²) < 4.78 is 6.72. The summed E-state index contributed by atoms with van der Waals surface area (Å²) in [4.78, 5) is 18.3. The van der Waals surface area contributed by atoms with Gasteiger partial charge in [-0.3, -0.25) is 4.79 Å².